The quantitative estimate of drug-likeness (QED) is 0.118. The zero-order valence-electron chi connectivity index (χ0n) is 28.2. The van der Waals surface area contributed by atoms with Gasteiger partial charge in [-0.2, -0.15) is 0 Å². The number of nitrogens with zero attached hydrogens (tertiary/aromatic N) is 1. The number of amides is 3. The van der Waals surface area contributed by atoms with E-state index in [2.05, 4.69) is 55.2 Å². The minimum Gasteiger partial charge on any atom is -0.444 e. The molecule has 3 amide bonds. The Balaban J connectivity index is 1.13. The lowest BCUT2D eigenvalue weighted by Gasteiger charge is -2.29. The van der Waals surface area contributed by atoms with Gasteiger partial charge in [-0.25, -0.2) is 9.78 Å². The molecule has 6 N–H and O–H groups in total. The van der Waals surface area contributed by atoms with Crippen molar-refractivity contribution in [3.63, 3.8) is 0 Å². The Kier molecular flexibility index (Phi) is 9.57. The molecule has 1 unspecified atom stereocenters. The number of H-pyrrole nitrogens is 3. The Morgan fingerprint density at radius 2 is 1.71 bits per heavy atom. The highest BCUT2D eigenvalue weighted by Crippen LogP contribution is 2.30. The van der Waals surface area contributed by atoms with Crippen molar-refractivity contribution < 1.29 is 19.1 Å². The average molecular weight is 666 g/mol. The molecule has 1 atom stereocenters. The maximum absolute atomic E-state index is 13.7. The average Bonchev–Trinajstić information content (AvgIpc) is 3.68. The minimum absolute atomic E-state index is 0.163. The lowest BCUT2D eigenvalue weighted by atomic mass is 9.81. The van der Waals surface area contributed by atoms with E-state index in [9.17, 15) is 19.2 Å². The maximum Gasteiger partial charge on any atom is 0.407 e. The molecule has 1 aliphatic rings. The van der Waals surface area contributed by atoms with Crippen LogP contribution in [0.15, 0.2) is 65.7 Å². The molecule has 0 aliphatic heterocycles. The van der Waals surface area contributed by atoms with Crippen molar-refractivity contribution in [2.45, 2.75) is 71.4 Å². The van der Waals surface area contributed by atoms with Gasteiger partial charge in [-0.15, -0.1) is 0 Å². The van der Waals surface area contributed by atoms with Gasteiger partial charge in [0.05, 0.1) is 28.3 Å². The number of imidazole rings is 1. The highest BCUT2D eigenvalue weighted by atomic mass is 16.6. The molecule has 5 aromatic rings. The monoisotopic (exact) mass is 665 g/mol. The largest absolute Gasteiger partial charge is 0.444 e. The van der Waals surface area contributed by atoms with E-state index < -0.39 is 17.7 Å². The SMILES string of the molecule is Cc1cc2[nH]cnc2cc1-c1ccc(CC(NC(=O)C2CCC(CNC(=O)OC(C)(C)C)CC2)C(=O)Nc2ccc3c(=O)[nH][nH]c3c2)cc1. The number of aromatic amines is 3. The Morgan fingerprint density at radius 3 is 2.45 bits per heavy atom. The van der Waals surface area contributed by atoms with E-state index in [0.29, 0.717) is 36.0 Å². The number of fused-ring (bicyclic) bond motifs is 2. The third kappa shape index (κ3) is 8.19. The number of ether oxygens (including phenoxy) is 1. The minimum atomic E-state index is -0.840. The van der Waals surface area contributed by atoms with E-state index in [1.807, 2.05) is 45.0 Å². The Hall–Kier alpha value is -5.39. The van der Waals surface area contributed by atoms with Crippen LogP contribution in [0.4, 0.5) is 10.5 Å². The third-order valence-electron chi connectivity index (χ3n) is 9.10. The highest BCUT2D eigenvalue weighted by molar-refractivity contribution is 5.99. The van der Waals surface area contributed by atoms with E-state index in [1.54, 1.807) is 24.5 Å². The number of carbonyl (C=O) groups excluding carboxylic acids is 3. The first-order valence-corrected chi connectivity index (χ1v) is 16.7. The summed E-state index contributed by atoms with van der Waals surface area (Å²) >= 11 is 0. The molecule has 0 spiro atoms. The second kappa shape index (κ2) is 14.0. The Morgan fingerprint density at radius 1 is 0.959 bits per heavy atom. The third-order valence-corrected chi connectivity index (χ3v) is 9.10. The normalized spacial score (nSPS) is 17.1. The second-order valence-corrected chi connectivity index (χ2v) is 14.0. The Bertz CT molecular complexity index is 2030. The van der Waals surface area contributed by atoms with Crippen LogP contribution in [0.1, 0.15) is 57.6 Å². The van der Waals surface area contributed by atoms with Crippen molar-refractivity contribution >= 4 is 45.5 Å². The number of anilines is 1. The van der Waals surface area contributed by atoms with Gasteiger partial charge < -0.3 is 25.7 Å². The van der Waals surface area contributed by atoms with Gasteiger partial charge in [0, 0.05) is 24.6 Å². The number of aryl methyl sites for hydroxylation is 1. The fourth-order valence-electron chi connectivity index (χ4n) is 6.47. The summed E-state index contributed by atoms with van der Waals surface area (Å²) in [5, 5.41) is 14.7. The van der Waals surface area contributed by atoms with Gasteiger partial charge in [-0.05, 0) is 112 Å². The van der Waals surface area contributed by atoms with Crippen LogP contribution in [0.25, 0.3) is 33.1 Å². The molecule has 2 aromatic heterocycles. The summed E-state index contributed by atoms with van der Waals surface area (Å²) in [5.74, 6) is -0.508. The van der Waals surface area contributed by atoms with Crippen LogP contribution < -0.4 is 21.5 Å². The predicted octanol–water partition coefficient (Wildman–Crippen LogP) is 5.71. The first kappa shape index (κ1) is 33.5. The van der Waals surface area contributed by atoms with Crippen molar-refractivity contribution in [3.05, 3.63) is 82.4 Å². The van der Waals surface area contributed by atoms with Crippen LogP contribution in [0, 0.1) is 18.8 Å². The summed E-state index contributed by atoms with van der Waals surface area (Å²) < 4.78 is 5.34. The van der Waals surface area contributed by atoms with Crippen molar-refractivity contribution in [1.29, 1.82) is 0 Å². The molecule has 256 valence electrons. The zero-order chi connectivity index (χ0) is 34.7. The maximum atomic E-state index is 13.7. The van der Waals surface area contributed by atoms with E-state index in [4.69, 9.17) is 4.74 Å². The number of rotatable bonds is 9. The number of hydrogen-bond donors (Lipinski definition) is 6. The first-order valence-electron chi connectivity index (χ1n) is 16.7. The van der Waals surface area contributed by atoms with Gasteiger partial charge in [0.15, 0.2) is 0 Å². The van der Waals surface area contributed by atoms with Crippen molar-refractivity contribution in [2.75, 3.05) is 11.9 Å². The van der Waals surface area contributed by atoms with Crippen LogP contribution in [-0.4, -0.2) is 56.3 Å². The number of alkyl carbamates (subject to hydrolysis) is 1. The van der Waals surface area contributed by atoms with Gasteiger partial charge in [0.2, 0.25) is 11.8 Å². The van der Waals surface area contributed by atoms with Crippen LogP contribution in [-0.2, 0) is 20.7 Å². The lowest BCUT2D eigenvalue weighted by Crippen LogP contribution is -2.48. The molecule has 12 nitrogen and oxygen atoms in total. The van der Waals surface area contributed by atoms with E-state index >= 15 is 0 Å². The van der Waals surface area contributed by atoms with Gasteiger partial charge >= 0.3 is 6.09 Å². The van der Waals surface area contributed by atoms with Gasteiger partial charge in [0.1, 0.15) is 11.6 Å². The summed E-state index contributed by atoms with van der Waals surface area (Å²) in [4.78, 5) is 58.9. The molecule has 3 aromatic carbocycles. The molecule has 0 radical (unpaired) electrons. The topological polar surface area (TPSA) is 174 Å². The van der Waals surface area contributed by atoms with Crippen LogP contribution >= 0.6 is 0 Å². The van der Waals surface area contributed by atoms with E-state index in [-0.39, 0.29) is 35.6 Å². The highest BCUT2D eigenvalue weighted by Gasteiger charge is 2.30. The van der Waals surface area contributed by atoms with Gasteiger partial charge in [-0.1, -0.05) is 24.3 Å². The number of carbonyl (C=O) groups is 3. The summed E-state index contributed by atoms with van der Waals surface area (Å²) in [6, 6.07) is 16.3. The van der Waals surface area contributed by atoms with Gasteiger partial charge in [-0.3, -0.25) is 24.6 Å². The molecule has 49 heavy (non-hydrogen) atoms. The van der Waals surface area contributed by atoms with Crippen LogP contribution in [0.3, 0.4) is 0 Å². The number of benzene rings is 3. The van der Waals surface area contributed by atoms with Crippen LogP contribution in [0.5, 0.6) is 0 Å². The fraction of sp³-hybridized carbons (Fsp3) is 0.378. The standard InChI is InChI=1S/C37H43N7O5/c1-21-15-30-31(40-20-39-30)18-28(21)24-9-5-22(6-10-24)16-32(35(47)41-26-13-14-27-29(17-26)43-44-34(27)46)42-33(45)25-11-7-23(8-12-25)19-38-36(48)49-37(2,3)4/h5-6,9-10,13-15,17-18,20,23,25,32H,7-8,11-12,16,19H2,1-4H3,(H,38,48)(H,39,40)(H,41,47)(H,42,45)(H2,43,44,46). The van der Waals surface area contributed by atoms with Crippen molar-refractivity contribution in [3.8, 4) is 11.1 Å². The molecular weight excluding hydrogens is 622 g/mol. The van der Waals surface area contributed by atoms with Crippen LogP contribution in [0.2, 0.25) is 0 Å². The summed E-state index contributed by atoms with van der Waals surface area (Å²) in [5.41, 5.74) is 6.25. The van der Waals surface area contributed by atoms with Crippen molar-refractivity contribution in [1.82, 2.24) is 30.8 Å². The summed E-state index contributed by atoms with van der Waals surface area (Å²) in [6.45, 7) is 8.03. The second-order valence-electron chi connectivity index (χ2n) is 14.0. The molecule has 6 rings (SSSR count). The molecule has 0 saturated heterocycles. The predicted molar refractivity (Wildman–Crippen MR) is 189 cm³/mol. The summed E-state index contributed by atoms with van der Waals surface area (Å²) in [6.07, 6.45) is 4.41. The van der Waals surface area contributed by atoms with Gasteiger partial charge in [0.25, 0.3) is 5.56 Å². The zero-order valence-corrected chi connectivity index (χ0v) is 28.2. The lowest BCUT2D eigenvalue weighted by molar-refractivity contribution is -0.130. The smallest absolute Gasteiger partial charge is 0.407 e. The fourth-order valence-corrected chi connectivity index (χ4v) is 6.47. The molecule has 1 saturated carbocycles. The van der Waals surface area contributed by atoms with Crippen molar-refractivity contribution in [2.24, 2.45) is 11.8 Å². The van der Waals surface area contributed by atoms with E-state index in [0.717, 1.165) is 46.1 Å². The number of aromatic nitrogens is 4. The Labute approximate surface area is 283 Å². The molecule has 1 fully saturated rings. The number of nitrogens with one attached hydrogen (secondary N) is 6. The molecule has 1 aliphatic carbocycles. The molecule has 12 heteroatoms. The first-order chi connectivity index (χ1) is 23.4. The number of hydrogen-bond acceptors (Lipinski definition) is 6. The summed E-state index contributed by atoms with van der Waals surface area (Å²) in [7, 11) is 0. The molecule has 2 heterocycles. The molecule has 0 bridgehead atoms. The molecular formula is C37H43N7O5. The van der Waals surface area contributed by atoms with E-state index in [1.165, 1.54) is 0 Å².